The lowest BCUT2D eigenvalue weighted by molar-refractivity contribution is 0.0963. The van der Waals surface area contributed by atoms with Crippen LogP contribution in [0.4, 0.5) is 5.69 Å². The Balaban J connectivity index is 1.97. The van der Waals surface area contributed by atoms with E-state index >= 15 is 0 Å². The lowest BCUT2D eigenvalue weighted by Gasteiger charge is -2.32. The third-order valence-electron chi connectivity index (χ3n) is 3.99. The Morgan fingerprint density at radius 3 is 3.14 bits per heavy atom. The summed E-state index contributed by atoms with van der Waals surface area (Å²) in [7, 11) is 1.64. The third-order valence-corrected chi connectivity index (χ3v) is 3.99. The van der Waals surface area contributed by atoms with E-state index in [4.69, 9.17) is 0 Å². The number of aromatic nitrogens is 2. The molecule has 1 aliphatic rings. The Hall–Kier alpha value is -2.08. The van der Waals surface area contributed by atoms with Gasteiger partial charge in [-0.25, -0.2) is 9.99 Å². The summed E-state index contributed by atoms with van der Waals surface area (Å²) in [6, 6.07) is 1.95. The topological polar surface area (TPSA) is 73.0 Å². The molecule has 0 radical (unpaired) electrons. The highest BCUT2D eigenvalue weighted by atomic mass is 16.1. The summed E-state index contributed by atoms with van der Waals surface area (Å²) in [4.78, 5) is 19.5. The lowest BCUT2D eigenvalue weighted by Crippen LogP contribution is -2.39. The van der Waals surface area contributed by atoms with E-state index in [0.717, 1.165) is 29.8 Å². The van der Waals surface area contributed by atoms with Crippen LogP contribution in [0.3, 0.4) is 0 Å². The van der Waals surface area contributed by atoms with E-state index in [1.165, 1.54) is 12.8 Å². The van der Waals surface area contributed by atoms with Gasteiger partial charge in [0.1, 0.15) is 5.65 Å². The quantitative estimate of drug-likeness (QED) is 0.807. The van der Waals surface area contributed by atoms with E-state index in [1.807, 2.05) is 12.3 Å². The maximum absolute atomic E-state index is 12.1. The molecule has 21 heavy (non-hydrogen) atoms. The summed E-state index contributed by atoms with van der Waals surface area (Å²) in [6.07, 6.45) is 5.89. The minimum Gasteiger partial charge on any atom is -0.355 e. The Morgan fingerprint density at radius 2 is 2.38 bits per heavy atom. The van der Waals surface area contributed by atoms with Crippen LogP contribution >= 0.6 is 0 Å². The molecule has 0 aliphatic carbocycles. The number of hydrazine groups is 1. The van der Waals surface area contributed by atoms with Crippen LogP contribution in [-0.4, -0.2) is 41.0 Å². The maximum Gasteiger partial charge on any atom is 0.254 e. The zero-order chi connectivity index (χ0) is 14.8. The summed E-state index contributed by atoms with van der Waals surface area (Å²) < 4.78 is 0. The molecule has 1 amide bonds. The van der Waals surface area contributed by atoms with Gasteiger partial charge in [0.05, 0.1) is 11.3 Å². The number of nitrogens with one attached hydrogen (secondary N) is 3. The third kappa shape index (κ3) is 2.71. The first-order chi connectivity index (χ1) is 10.2. The van der Waals surface area contributed by atoms with Crippen molar-refractivity contribution in [2.75, 3.05) is 25.6 Å². The Labute approximate surface area is 123 Å². The van der Waals surface area contributed by atoms with Crippen molar-refractivity contribution < 1.29 is 4.79 Å². The molecule has 112 valence electrons. The zero-order valence-corrected chi connectivity index (χ0v) is 12.4. The van der Waals surface area contributed by atoms with Crippen LogP contribution in [0.25, 0.3) is 11.0 Å². The second-order valence-corrected chi connectivity index (χ2v) is 5.67. The van der Waals surface area contributed by atoms with Gasteiger partial charge in [-0.3, -0.25) is 4.79 Å². The molecule has 1 atom stereocenters. The van der Waals surface area contributed by atoms with Gasteiger partial charge in [0.25, 0.3) is 5.91 Å². The van der Waals surface area contributed by atoms with Gasteiger partial charge in [-0.05, 0) is 24.8 Å². The number of hydrogen-bond acceptors (Lipinski definition) is 4. The summed E-state index contributed by atoms with van der Waals surface area (Å²) in [6.45, 7) is 4.24. The van der Waals surface area contributed by atoms with Crippen LogP contribution in [0.2, 0.25) is 0 Å². The first-order valence-electron chi connectivity index (χ1n) is 7.39. The average Bonchev–Trinajstić information content (AvgIpc) is 2.96. The summed E-state index contributed by atoms with van der Waals surface area (Å²) in [5.74, 6) is 0.538. The van der Waals surface area contributed by atoms with Crippen molar-refractivity contribution in [1.29, 1.82) is 0 Å². The van der Waals surface area contributed by atoms with Gasteiger partial charge in [0, 0.05) is 37.9 Å². The minimum atomic E-state index is -0.127. The van der Waals surface area contributed by atoms with Crippen molar-refractivity contribution in [3.63, 3.8) is 0 Å². The van der Waals surface area contributed by atoms with E-state index in [-0.39, 0.29) is 5.91 Å². The molecule has 3 rings (SSSR count). The van der Waals surface area contributed by atoms with E-state index in [2.05, 4.69) is 32.6 Å². The molecule has 6 heteroatoms. The maximum atomic E-state index is 12.1. The second kappa shape index (κ2) is 5.73. The smallest absolute Gasteiger partial charge is 0.254 e. The van der Waals surface area contributed by atoms with Gasteiger partial charge in [-0.2, -0.15) is 0 Å². The van der Waals surface area contributed by atoms with Crippen LogP contribution < -0.4 is 10.7 Å². The standard InChI is InChI=1S/C15H21N5O/c1-10-4-3-7-20(9-10)19-13-11-5-6-17-14(11)18-8-12(13)15(21)16-2/h5-6,8,10H,3-4,7,9H2,1-2H3,(H,16,21)(H2,17,18,19)/t10-/m1/s1. The van der Waals surface area contributed by atoms with Crippen molar-refractivity contribution in [2.24, 2.45) is 5.92 Å². The fourth-order valence-corrected chi connectivity index (χ4v) is 2.88. The molecular formula is C15H21N5O. The lowest BCUT2D eigenvalue weighted by atomic mass is 10.0. The second-order valence-electron chi connectivity index (χ2n) is 5.67. The molecule has 1 fully saturated rings. The highest BCUT2D eigenvalue weighted by molar-refractivity contribution is 6.06. The Morgan fingerprint density at radius 1 is 1.52 bits per heavy atom. The summed E-state index contributed by atoms with van der Waals surface area (Å²) >= 11 is 0. The molecule has 6 nitrogen and oxygen atoms in total. The molecule has 0 saturated carbocycles. The van der Waals surface area contributed by atoms with Crippen molar-refractivity contribution in [1.82, 2.24) is 20.3 Å². The minimum absolute atomic E-state index is 0.127. The molecule has 0 unspecified atom stereocenters. The van der Waals surface area contributed by atoms with Crippen LogP contribution in [0, 0.1) is 5.92 Å². The Bertz CT molecular complexity index is 651. The zero-order valence-electron chi connectivity index (χ0n) is 12.4. The van der Waals surface area contributed by atoms with E-state index in [0.29, 0.717) is 11.5 Å². The molecule has 3 N–H and O–H groups in total. The van der Waals surface area contributed by atoms with Gasteiger partial charge in [0.15, 0.2) is 0 Å². The average molecular weight is 287 g/mol. The van der Waals surface area contributed by atoms with Crippen LogP contribution in [-0.2, 0) is 0 Å². The first kappa shape index (κ1) is 13.9. The fourth-order valence-electron chi connectivity index (χ4n) is 2.88. The molecule has 2 aromatic heterocycles. The number of piperidine rings is 1. The number of H-pyrrole nitrogens is 1. The molecule has 1 saturated heterocycles. The van der Waals surface area contributed by atoms with Crippen molar-refractivity contribution >= 4 is 22.6 Å². The number of fused-ring (bicyclic) bond motifs is 1. The normalized spacial score (nSPS) is 19.6. The SMILES string of the molecule is CNC(=O)c1cnc2[nH]ccc2c1NN1CCC[C@@H](C)C1. The van der Waals surface area contributed by atoms with Crippen LogP contribution in [0.5, 0.6) is 0 Å². The molecule has 2 aromatic rings. The number of nitrogens with zero attached hydrogens (tertiary/aromatic N) is 2. The van der Waals surface area contributed by atoms with Gasteiger partial charge in [-0.1, -0.05) is 6.92 Å². The molecular weight excluding hydrogens is 266 g/mol. The van der Waals surface area contributed by atoms with E-state index in [9.17, 15) is 4.79 Å². The van der Waals surface area contributed by atoms with Crippen molar-refractivity contribution in [2.45, 2.75) is 19.8 Å². The van der Waals surface area contributed by atoms with E-state index in [1.54, 1.807) is 13.2 Å². The summed E-state index contributed by atoms with van der Waals surface area (Å²) in [5, 5.41) is 5.81. The number of anilines is 1. The number of rotatable bonds is 3. The summed E-state index contributed by atoms with van der Waals surface area (Å²) in [5.41, 5.74) is 5.62. The van der Waals surface area contributed by atoms with Crippen molar-refractivity contribution in [3.8, 4) is 0 Å². The first-order valence-corrected chi connectivity index (χ1v) is 7.39. The number of aromatic amines is 1. The molecule has 1 aliphatic heterocycles. The van der Waals surface area contributed by atoms with Crippen molar-refractivity contribution in [3.05, 3.63) is 24.0 Å². The number of hydrogen-bond donors (Lipinski definition) is 3. The molecule has 0 aromatic carbocycles. The highest BCUT2D eigenvalue weighted by Crippen LogP contribution is 2.27. The molecule has 0 spiro atoms. The van der Waals surface area contributed by atoms with E-state index < -0.39 is 0 Å². The van der Waals surface area contributed by atoms with Gasteiger partial charge in [0.2, 0.25) is 0 Å². The van der Waals surface area contributed by atoms with Gasteiger partial charge >= 0.3 is 0 Å². The van der Waals surface area contributed by atoms with Crippen LogP contribution in [0.1, 0.15) is 30.1 Å². The fraction of sp³-hybridized carbons (Fsp3) is 0.467. The van der Waals surface area contributed by atoms with Gasteiger partial charge < -0.3 is 15.7 Å². The monoisotopic (exact) mass is 287 g/mol. The number of amides is 1. The number of pyridine rings is 1. The van der Waals surface area contributed by atoms with Gasteiger partial charge in [-0.15, -0.1) is 0 Å². The predicted octanol–water partition coefficient (Wildman–Crippen LogP) is 1.98. The Kier molecular flexibility index (Phi) is 3.79. The number of carbonyl (C=O) groups is 1. The molecule has 0 bridgehead atoms. The largest absolute Gasteiger partial charge is 0.355 e. The number of carbonyl (C=O) groups excluding carboxylic acids is 1. The molecule has 3 heterocycles. The predicted molar refractivity (Wildman–Crippen MR) is 83.1 cm³/mol. The highest BCUT2D eigenvalue weighted by Gasteiger charge is 2.20. The van der Waals surface area contributed by atoms with Crippen LogP contribution in [0.15, 0.2) is 18.5 Å².